The van der Waals surface area contributed by atoms with Crippen LogP contribution in [0.25, 0.3) is 10.9 Å². The summed E-state index contributed by atoms with van der Waals surface area (Å²) in [5.74, 6) is -0.458. The molecule has 10 heteroatoms. The monoisotopic (exact) mass is 508 g/mol. The van der Waals surface area contributed by atoms with Gasteiger partial charge in [-0.2, -0.15) is 13.2 Å². The average molecular weight is 509 g/mol. The van der Waals surface area contributed by atoms with E-state index in [0.717, 1.165) is 21.4 Å². The highest BCUT2D eigenvalue weighted by Gasteiger charge is 2.46. The average Bonchev–Trinajstić information content (AvgIpc) is 3.08. The SMILES string of the molecule is O=C1[C@H](Cc2ccccn2)N(Cc2ccnc3ccccc23)C(=O)N1c1ccc(SC(F)(F)F)cc1. The highest BCUT2D eigenvalue weighted by Crippen LogP contribution is 2.38. The van der Waals surface area contributed by atoms with Crippen LogP contribution in [0.15, 0.2) is 90.1 Å². The lowest BCUT2D eigenvalue weighted by Gasteiger charge is -2.22. The first-order valence-electron chi connectivity index (χ1n) is 11.0. The van der Waals surface area contributed by atoms with Crippen LogP contribution in [0.5, 0.6) is 0 Å². The van der Waals surface area contributed by atoms with E-state index in [2.05, 4.69) is 9.97 Å². The van der Waals surface area contributed by atoms with Crippen LogP contribution in [0.2, 0.25) is 0 Å². The number of para-hydroxylation sites is 1. The fourth-order valence-corrected chi connectivity index (χ4v) is 4.78. The molecule has 1 atom stereocenters. The first-order chi connectivity index (χ1) is 17.3. The van der Waals surface area contributed by atoms with Gasteiger partial charge in [-0.05, 0) is 65.9 Å². The van der Waals surface area contributed by atoms with E-state index in [1.54, 1.807) is 30.6 Å². The molecule has 5 rings (SSSR count). The van der Waals surface area contributed by atoms with Gasteiger partial charge in [0.15, 0.2) is 0 Å². The van der Waals surface area contributed by atoms with Crippen LogP contribution in [0, 0.1) is 0 Å². The lowest BCUT2D eigenvalue weighted by Crippen LogP contribution is -2.36. The summed E-state index contributed by atoms with van der Waals surface area (Å²) in [7, 11) is 0. The summed E-state index contributed by atoms with van der Waals surface area (Å²) in [6, 6.07) is 18.5. The zero-order chi connectivity index (χ0) is 25.3. The smallest absolute Gasteiger partial charge is 0.307 e. The Hall–Kier alpha value is -3.92. The van der Waals surface area contributed by atoms with Gasteiger partial charge in [0.2, 0.25) is 0 Å². The summed E-state index contributed by atoms with van der Waals surface area (Å²) < 4.78 is 38.2. The Morgan fingerprint density at radius 2 is 1.61 bits per heavy atom. The van der Waals surface area contributed by atoms with Gasteiger partial charge in [0.05, 0.1) is 11.2 Å². The molecule has 0 unspecified atom stereocenters. The molecule has 1 fully saturated rings. The van der Waals surface area contributed by atoms with Crippen molar-refractivity contribution < 1.29 is 22.8 Å². The number of fused-ring (bicyclic) bond motifs is 1. The predicted molar refractivity (Wildman–Crippen MR) is 130 cm³/mol. The van der Waals surface area contributed by atoms with Gasteiger partial charge in [-0.15, -0.1) is 0 Å². The fraction of sp³-hybridized carbons (Fsp3) is 0.154. The molecule has 3 amide bonds. The zero-order valence-corrected chi connectivity index (χ0v) is 19.5. The van der Waals surface area contributed by atoms with Gasteiger partial charge in [0, 0.05) is 41.3 Å². The summed E-state index contributed by atoms with van der Waals surface area (Å²) in [5, 5.41) is 0.865. The lowest BCUT2D eigenvalue weighted by atomic mass is 10.1. The van der Waals surface area contributed by atoms with E-state index in [1.165, 1.54) is 29.2 Å². The number of carbonyl (C=O) groups is 2. The van der Waals surface area contributed by atoms with Crippen molar-refractivity contribution in [2.45, 2.75) is 29.4 Å². The summed E-state index contributed by atoms with van der Waals surface area (Å²) in [6.45, 7) is 0.156. The maximum Gasteiger partial charge on any atom is 0.446 e. The van der Waals surface area contributed by atoms with Crippen molar-refractivity contribution in [2.24, 2.45) is 0 Å². The first kappa shape index (κ1) is 23.8. The molecule has 2 aromatic carbocycles. The van der Waals surface area contributed by atoms with Gasteiger partial charge >= 0.3 is 11.5 Å². The highest BCUT2D eigenvalue weighted by atomic mass is 32.2. The number of hydrogen-bond acceptors (Lipinski definition) is 5. The molecule has 3 heterocycles. The third kappa shape index (κ3) is 4.90. The largest absolute Gasteiger partial charge is 0.446 e. The van der Waals surface area contributed by atoms with Crippen molar-refractivity contribution >= 4 is 40.3 Å². The number of pyridine rings is 2. The van der Waals surface area contributed by atoms with E-state index in [9.17, 15) is 22.8 Å². The van der Waals surface area contributed by atoms with Gasteiger partial charge in [-0.25, -0.2) is 9.69 Å². The number of carbonyl (C=O) groups excluding carboxylic acids is 2. The molecule has 0 radical (unpaired) electrons. The van der Waals surface area contributed by atoms with Gasteiger partial charge in [0.1, 0.15) is 6.04 Å². The lowest BCUT2D eigenvalue weighted by molar-refractivity contribution is -0.119. The fourth-order valence-electron chi connectivity index (χ4n) is 4.24. The number of aromatic nitrogens is 2. The van der Waals surface area contributed by atoms with Crippen LogP contribution in [-0.2, 0) is 17.8 Å². The van der Waals surface area contributed by atoms with E-state index in [4.69, 9.17) is 0 Å². The number of anilines is 1. The second-order valence-electron chi connectivity index (χ2n) is 8.15. The molecule has 0 aliphatic carbocycles. The van der Waals surface area contributed by atoms with Crippen molar-refractivity contribution in [3.8, 4) is 0 Å². The first-order valence-corrected chi connectivity index (χ1v) is 11.8. The molecule has 36 heavy (non-hydrogen) atoms. The van der Waals surface area contributed by atoms with Crippen LogP contribution >= 0.6 is 11.8 Å². The van der Waals surface area contributed by atoms with E-state index in [0.29, 0.717) is 5.69 Å². The van der Waals surface area contributed by atoms with E-state index in [-0.39, 0.29) is 35.3 Å². The van der Waals surface area contributed by atoms with Crippen LogP contribution in [0.1, 0.15) is 11.3 Å². The van der Waals surface area contributed by atoms with Crippen molar-refractivity contribution in [3.63, 3.8) is 0 Å². The Kier molecular flexibility index (Phi) is 6.36. The number of alkyl halides is 3. The van der Waals surface area contributed by atoms with Crippen LogP contribution in [0.4, 0.5) is 23.7 Å². The highest BCUT2D eigenvalue weighted by molar-refractivity contribution is 8.00. The molecule has 4 aromatic rings. The number of halogens is 3. The maximum atomic E-state index is 13.6. The molecule has 1 saturated heterocycles. The quantitative estimate of drug-likeness (QED) is 0.243. The van der Waals surface area contributed by atoms with Crippen molar-refractivity contribution in [1.82, 2.24) is 14.9 Å². The Morgan fingerprint density at radius 1 is 0.861 bits per heavy atom. The zero-order valence-electron chi connectivity index (χ0n) is 18.7. The minimum Gasteiger partial charge on any atom is -0.307 e. The molecule has 6 nitrogen and oxygen atoms in total. The number of benzene rings is 2. The minimum absolute atomic E-state index is 0.0320. The van der Waals surface area contributed by atoms with Gasteiger partial charge in [-0.3, -0.25) is 14.8 Å². The van der Waals surface area contributed by atoms with Gasteiger partial charge < -0.3 is 4.90 Å². The molecule has 0 spiro atoms. The second kappa shape index (κ2) is 9.62. The molecule has 1 aliphatic heterocycles. The second-order valence-corrected chi connectivity index (χ2v) is 9.29. The van der Waals surface area contributed by atoms with Gasteiger partial charge in [0.25, 0.3) is 5.91 Å². The molecule has 182 valence electrons. The summed E-state index contributed by atoms with van der Waals surface area (Å²) in [5.41, 5.74) is -1.98. The van der Waals surface area contributed by atoms with Crippen molar-refractivity contribution in [3.05, 3.63) is 96.4 Å². The van der Waals surface area contributed by atoms with Crippen molar-refractivity contribution in [2.75, 3.05) is 4.90 Å². The molecule has 0 N–H and O–H groups in total. The van der Waals surface area contributed by atoms with Crippen molar-refractivity contribution in [1.29, 1.82) is 0 Å². The minimum atomic E-state index is -4.43. The topological polar surface area (TPSA) is 66.4 Å². The van der Waals surface area contributed by atoms with Gasteiger partial charge in [-0.1, -0.05) is 24.3 Å². The van der Waals surface area contributed by atoms with Crippen LogP contribution < -0.4 is 4.90 Å². The Labute approximate surface area is 208 Å². The number of urea groups is 1. The predicted octanol–water partition coefficient (Wildman–Crippen LogP) is 5.82. The Morgan fingerprint density at radius 3 is 2.33 bits per heavy atom. The molecule has 0 saturated carbocycles. The third-order valence-corrected chi connectivity index (χ3v) is 6.60. The summed E-state index contributed by atoms with van der Waals surface area (Å²) in [4.78, 5) is 38.3. The number of amides is 3. The van der Waals surface area contributed by atoms with E-state index < -0.39 is 23.5 Å². The standard InChI is InChI=1S/C26H19F3N4O2S/c27-26(28,29)36-20-10-8-19(9-11-20)33-24(34)23(15-18-5-3-4-13-30-18)32(25(33)35)16-17-12-14-31-22-7-2-1-6-21(17)22/h1-14,23H,15-16H2/t23-/m0/s1. The molecular weight excluding hydrogens is 489 g/mol. The Bertz CT molecular complexity index is 1410. The Balaban J connectivity index is 1.49. The number of nitrogens with zero attached hydrogens (tertiary/aromatic N) is 4. The molecule has 0 bridgehead atoms. The normalized spacial score (nSPS) is 16.2. The number of hydrogen-bond donors (Lipinski definition) is 0. The number of imide groups is 1. The molecule has 1 aliphatic rings. The molecule has 2 aromatic heterocycles. The maximum absolute atomic E-state index is 13.6. The number of rotatable bonds is 6. The van der Waals surface area contributed by atoms with Crippen LogP contribution in [0.3, 0.4) is 0 Å². The summed E-state index contributed by atoms with van der Waals surface area (Å²) in [6.07, 6.45) is 3.47. The molecular formula is C26H19F3N4O2S. The summed E-state index contributed by atoms with van der Waals surface area (Å²) >= 11 is -0.254. The van der Waals surface area contributed by atoms with E-state index in [1.807, 2.05) is 30.3 Å². The van der Waals surface area contributed by atoms with E-state index >= 15 is 0 Å². The third-order valence-electron chi connectivity index (χ3n) is 5.86. The number of thioether (sulfide) groups is 1. The van der Waals surface area contributed by atoms with Crippen LogP contribution in [-0.4, -0.2) is 38.4 Å².